The van der Waals surface area contributed by atoms with Gasteiger partial charge in [0.25, 0.3) is 10.8 Å². The van der Waals surface area contributed by atoms with Gasteiger partial charge in [-0.05, 0) is 44.5 Å². The average Bonchev–Trinajstić information content (AvgIpc) is 3.20. The summed E-state index contributed by atoms with van der Waals surface area (Å²) in [4.78, 5) is 21.8. The fourth-order valence-electron chi connectivity index (χ4n) is 2.67. The Bertz CT molecular complexity index is 1200. The van der Waals surface area contributed by atoms with Crippen molar-refractivity contribution in [2.24, 2.45) is 0 Å². The number of aryl methyl sites for hydroxylation is 2. The van der Waals surface area contributed by atoms with E-state index in [1.807, 2.05) is 32.9 Å². The monoisotopic (exact) mass is 418 g/mol. The number of H-pyrrole nitrogens is 1. The molecule has 0 aliphatic carbocycles. The van der Waals surface area contributed by atoms with Crippen LogP contribution in [0, 0.1) is 13.8 Å². The largest absolute Gasteiger partial charge is 0.411 e. The SMILES string of the molecule is Cc1sc2nc(C(C)Sc3nnc(-c4cccc(Cl)c4)o3)[nH]c(=O)c2c1C. The minimum Gasteiger partial charge on any atom is -0.411 e. The fraction of sp³-hybridized carbons (Fsp3) is 0.222. The van der Waals surface area contributed by atoms with Gasteiger partial charge in [-0.25, -0.2) is 4.98 Å². The zero-order valence-electron chi connectivity index (χ0n) is 14.7. The van der Waals surface area contributed by atoms with Crippen LogP contribution in [0.25, 0.3) is 21.7 Å². The third-order valence-electron chi connectivity index (χ3n) is 4.20. The lowest BCUT2D eigenvalue weighted by atomic mass is 10.2. The average molecular weight is 419 g/mol. The van der Waals surface area contributed by atoms with Crippen molar-refractivity contribution in [2.45, 2.75) is 31.2 Å². The molecule has 0 fully saturated rings. The van der Waals surface area contributed by atoms with Crippen molar-refractivity contribution < 1.29 is 4.42 Å². The van der Waals surface area contributed by atoms with E-state index in [9.17, 15) is 4.79 Å². The van der Waals surface area contributed by atoms with E-state index in [0.717, 1.165) is 20.8 Å². The molecule has 6 nitrogen and oxygen atoms in total. The molecule has 1 unspecified atom stereocenters. The molecule has 1 atom stereocenters. The van der Waals surface area contributed by atoms with Gasteiger partial charge in [0, 0.05) is 15.5 Å². The number of rotatable bonds is 4. The first kappa shape index (κ1) is 18.2. The van der Waals surface area contributed by atoms with Gasteiger partial charge in [-0.2, -0.15) is 0 Å². The number of hydrogen-bond donors (Lipinski definition) is 1. The van der Waals surface area contributed by atoms with E-state index < -0.39 is 0 Å². The number of aromatic nitrogens is 4. The maximum absolute atomic E-state index is 12.4. The van der Waals surface area contributed by atoms with E-state index in [1.54, 1.807) is 12.1 Å². The molecule has 27 heavy (non-hydrogen) atoms. The lowest BCUT2D eigenvalue weighted by Crippen LogP contribution is -2.12. The highest BCUT2D eigenvalue weighted by atomic mass is 35.5. The summed E-state index contributed by atoms with van der Waals surface area (Å²) in [5.74, 6) is 0.981. The summed E-state index contributed by atoms with van der Waals surface area (Å²) in [6.07, 6.45) is 0. The summed E-state index contributed by atoms with van der Waals surface area (Å²) < 4.78 is 5.72. The molecular weight excluding hydrogens is 404 g/mol. The molecule has 4 rings (SSSR count). The minimum atomic E-state index is -0.155. The molecule has 0 aliphatic rings. The molecule has 0 saturated carbocycles. The summed E-state index contributed by atoms with van der Waals surface area (Å²) in [6.45, 7) is 5.87. The van der Waals surface area contributed by atoms with Crippen molar-refractivity contribution in [3.63, 3.8) is 0 Å². The quantitative estimate of drug-likeness (QED) is 0.461. The van der Waals surface area contributed by atoms with Crippen LogP contribution in [0.3, 0.4) is 0 Å². The van der Waals surface area contributed by atoms with Crippen LogP contribution in [-0.4, -0.2) is 20.2 Å². The normalized spacial score (nSPS) is 12.6. The van der Waals surface area contributed by atoms with Gasteiger partial charge < -0.3 is 9.40 Å². The zero-order chi connectivity index (χ0) is 19.1. The highest BCUT2D eigenvalue weighted by molar-refractivity contribution is 7.99. The second kappa shape index (κ2) is 7.10. The molecule has 3 aromatic heterocycles. The molecule has 1 N–H and O–H groups in total. The first-order valence-electron chi connectivity index (χ1n) is 8.18. The van der Waals surface area contributed by atoms with Crippen molar-refractivity contribution in [1.82, 2.24) is 20.2 Å². The smallest absolute Gasteiger partial charge is 0.277 e. The molecule has 9 heteroatoms. The Kier molecular flexibility index (Phi) is 4.79. The van der Waals surface area contributed by atoms with E-state index in [-0.39, 0.29) is 10.8 Å². The highest BCUT2D eigenvalue weighted by Gasteiger charge is 2.19. The van der Waals surface area contributed by atoms with Gasteiger partial charge in [0.1, 0.15) is 10.7 Å². The number of nitrogens with one attached hydrogen (secondary N) is 1. The Morgan fingerprint density at radius 3 is 2.89 bits per heavy atom. The van der Waals surface area contributed by atoms with Crippen molar-refractivity contribution in [3.8, 4) is 11.5 Å². The molecule has 138 valence electrons. The summed E-state index contributed by atoms with van der Waals surface area (Å²) in [5, 5.41) is 9.66. The number of hydrogen-bond acceptors (Lipinski definition) is 7. The van der Waals surface area contributed by atoms with Crippen molar-refractivity contribution in [3.05, 3.63) is 55.9 Å². The van der Waals surface area contributed by atoms with Gasteiger partial charge in [-0.1, -0.05) is 29.4 Å². The second-order valence-corrected chi connectivity index (χ2v) is 8.99. The summed E-state index contributed by atoms with van der Waals surface area (Å²) >= 11 is 8.88. The molecule has 4 aromatic rings. The maximum Gasteiger partial charge on any atom is 0.277 e. The van der Waals surface area contributed by atoms with Gasteiger partial charge >= 0.3 is 0 Å². The van der Waals surface area contributed by atoms with Crippen LogP contribution in [0.2, 0.25) is 5.02 Å². The Balaban J connectivity index is 1.60. The molecule has 0 radical (unpaired) electrons. The highest BCUT2D eigenvalue weighted by Crippen LogP contribution is 2.35. The molecule has 0 saturated heterocycles. The predicted molar refractivity (Wildman–Crippen MR) is 109 cm³/mol. The third kappa shape index (κ3) is 3.52. The van der Waals surface area contributed by atoms with Crippen LogP contribution in [0.1, 0.15) is 28.4 Å². The van der Waals surface area contributed by atoms with Crippen molar-refractivity contribution >= 4 is 44.9 Å². The van der Waals surface area contributed by atoms with Crippen LogP contribution < -0.4 is 5.56 Å². The molecular formula is C18H15ClN4O2S2. The number of halogens is 1. The molecule has 0 amide bonds. The first-order valence-corrected chi connectivity index (χ1v) is 10.3. The van der Waals surface area contributed by atoms with E-state index in [4.69, 9.17) is 16.0 Å². The van der Waals surface area contributed by atoms with Gasteiger partial charge in [0.05, 0.1) is 10.6 Å². The number of nitrogens with zero attached hydrogens (tertiary/aromatic N) is 3. The predicted octanol–water partition coefficient (Wildman–Crippen LogP) is 5.16. The van der Waals surface area contributed by atoms with Crippen molar-refractivity contribution in [1.29, 1.82) is 0 Å². The minimum absolute atomic E-state index is 0.116. The van der Waals surface area contributed by atoms with Crippen molar-refractivity contribution in [2.75, 3.05) is 0 Å². The number of thioether (sulfide) groups is 1. The Labute approximate surface area is 168 Å². The van der Waals surface area contributed by atoms with E-state index in [0.29, 0.717) is 27.3 Å². The van der Waals surface area contributed by atoms with E-state index in [2.05, 4.69) is 20.2 Å². The summed E-state index contributed by atoms with van der Waals surface area (Å²) in [6, 6.07) is 7.23. The fourth-order valence-corrected chi connectivity index (χ4v) is 4.63. The molecule has 0 aliphatic heterocycles. The van der Waals surface area contributed by atoms with Crippen LogP contribution >= 0.6 is 34.7 Å². The Morgan fingerprint density at radius 2 is 2.11 bits per heavy atom. The second-order valence-electron chi connectivity index (χ2n) is 6.06. The lowest BCUT2D eigenvalue weighted by Gasteiger charge is -2.07. The molecule has 1 aromatic carbocycles. The van der Waals surface area contributed by atoms with Crippen LogP contribution in [0.4, 0.5) is 0 Å². The van der Waals surface area contributed by atoms with Crippen LogP contribution in [0.15, 0.2) is 38.7 Å². The lowest BCUT2D eigenvalue weighted by molar-refractivity contribution is 0.465. The number of aromatic amines is 1. The number of thiophene rings is 1. The van der Waals surface area contributed by atoms with Gasteiger partial charge in [-0.3, -0.25) is 4.79 Å². The zero-order valence-corrected chi connectivity index (χ0v) is 17.1. The third-order valence-corrected chi connectivity index (χ3v) is 6.48. The summed E-state index contributed by atoms with van der Waals surface area (Å²) in [5.41, 5.74) is 1.63. The van der Waals surface area contributed by atoms with Gasteiger partial charge in [-0.15, -0.1) is 21.5 Å². The Morgan fingerprint density at radius 1 is 1.30 bits per heavy atom. The van der Waals surface area contributed by atoms with Gasteiger partial charge in [0.15, 0.2) is 0 Å². The van der Waals surface area contributed by atoms with Gasteiger partial charge in [0.2, 0.25) is 5.89 Å². The number of benzene rings is 1. The first-order chi connectivity index (χ1) is 12.9. The maximum atomic E-state index is 12.4. The Hall–Kier alpha value is -2.16. The van der Waals surface area contributed by atoms with Crippen LogP contribution in [-0.2, 0) is 0 Å². The summed E-state index contributed by atoms with van der Waals surface area (Å²) in [7, 11) is 0. The molecule has 0 spiro atoms. The number of fused-ring (bicyclic) bond motifs is 1. The van der Waals surface area contributed by atoms with Crippen LogP contribution in [0.5, 0.6) is 0 Å². The van der Waals surface area contributed by atoms with E-state index in [1.165, 1.54) is 23.1 Å². The standard InChI is InChI=1S/C18H15ClN4O2S2/c1-8-9(2)26-17-13(8)15(24)20-14(21-17)10(3)27-18-23-22-16(25-18)11-5-4-6-12(19)7-11/h4-7,10H,1-3H3,(H,20,21,24). The molecule has 0 bridgehead atoms. The topological polar surface area (TPSA) is 84.7 Å². The van der Waals surface area contributed by atoms with E-state index >= 15 is 0 Å². The molecule has 3 heterocycles.